The first-order valence-corrected chi connectivity index (χ1v) is 11.8. The topological polar surface area (TPSA) is 56.1 Å². The lowest BCUT2D eigenvalue weighted by molar-refractivity contribution is -0.113. The minimum absolute atomic E-state index is 0.109. The van der Waals surface area contributed by atoms with Crippen LogP contribution in [0.3, 0.4) is 0 Å². The van der Waals surface area contributed by atoms with Crippen molar-refractivity contribution in [2.24, 2.45) is 4.99 Å². The monoisotopic (exact) mass is 459 g/mol. The van der Waals surface area contributed by atoms with Gasteiger partial charge in [-0.15, -0.1) is 0 Å². The number of phenols is 1. The molecule has 1 fully saturated rings. The van der Waals surface area contributed by atoms with Gasteiger partial charge in [0, 0.05) is 11.9 Å². The van der Waals surface area contributed by atoms with Crippen LogP contribution in [-0.4, -0.2) is 23.2 Å². The molecule has 1 amide bonds. The first-order valence-electron chi connectivity index (χ1n) is 10.2. The zero-order valence-corrected chi connectivity index (χ0v) is 19.2. The number of aliphatic imine (C=N–C) groups is 1. The highest BCUT2D eigenvalue weighted by Gasteiger charge is 2.40. The third-order valence-corrected chi connectivity index (χ3v) is 7.82. The second-order valence-corrected chi connectivity index (χ2v) is 9.53. The zero-order valence-electron chi connectivity index (χ0n) is 17.6. The van der Waals surface area contributed by atoms with Gasteiger partial charge in [0.05, 0.1) is 22.4 Å². The molecule has 0 spiro atoms. The van der Waals surface area contributed by atoms with Crippen molar-refractivity contribution in [3.63, 3.8) is 0 Å². The number of carbonyl (C=O) groups is 1. The summed E-state index contributed by atoms with van der Waals surface area (Å²) in [6.07, 6.45) is 0. The molecule has 0 radical (unpaired) electrons. The van der Waals surface area contributed by atoms with E-state index in [1.165, 1.54) is 11.8 Å². The fourth-order valence-electron chi connectivity index (χ4n) is 3.69. The van der Waals surface area contributed by atoms with Crippen LogP contribution in [-0.2, 0) is 4.79 Å². The molecule has 32 heavy (non-hydrogen) atoms. The Morgan fingerprint density at radius 2 is 1.59 bits per heavy atom. The summed E-state index contributed by atoms with van der Waals surface area (Å²) in [5, 5.41) is 11.3. The fourth-order valence-corrected chi connectivity index (χ4v) is 6.10. The summed E-state index contributed by atoms with van der Waals surface area (Å²) in [5.41, 5.74) is 2.85. The lowest BCUT2D eigenvalue weighted by atomic mass is 10.1. The van der Waals surface area contributed by atoms with E-state index in [0.717, 1.165) is 21.2 Å². The van der Waals surface area contributed by atoms with Gasteiger partial charge in [-0.3, -0.25) is 14.7 Å². The van der Waals surface area contributed by atoms with Crippen LogP contribution in [0.5, 0.6) is 5.75 Å². The molecule has 1 atom stereocenters. The van der Waals surface area contributed by atoms with Gasteiger partial charge in [0.15, 0.2) is 5.17 Å². The number of rotatable bonds is 3. The molecule has 0 unspecified atom stereocenters. The van der Waals surface area contributed by atoms with Crippen LogP contribution in [0.2, 0.25) is 0 Å². The summed E-state index contributed by atoms with van der Waals surface area (Å²) >= 11 is 3.01. The van der Waals surface area contributed by atoms with Crippen LogP contribution in [0.25, 0.3) is 0 Å². The van der Waals surface area contributed by atoms with Gasteiger partial charge in [0.2, 0.25) is 0 Å². The van der Waals surface area contributed by atoms with E-state index in [9.17, 15) is 9.90 Å². The zero-order chi connectivity index (χ0) is 22.2. The van der Waals surface area contributed by atoms with Gasteiger partial charge < -0.3 is 10.0 Å². The van der Waals surface area contributed by atoms with Crippen molar-refractivity contribution in [3.05, 3.63) is 94.4 Å². The smallest absolute Gasteiger partial charge is 0.274 e. The second kappa shape index (κ2) is 8.41. The Hall–Kier alpha value is -3.16. The Balaban J connectivity index is 1.58. The van der Waals surface area contributed by atoms with Crippen LogP contribution in [0.4, 0.5) is 11.4 Å². The highest BCUT2D eigenvalue weighted by Crippen LogP contribution is 2.50. The molecule has 0 bridgehead atoms. The number of fused-ring (bicyclic) bond motifs is 1. The van der Waals surface area contributed by atoms with Crippen molar-refractivity contribution in [2.75, 3.05) is 16.8 Å². The molecule has 1 saturated heterocycles. The number of thioether (sulfide) groups is 2. The SMILES string of the molecule is C[C@H](N=C1S/C(=C2\Sc3ccccc3N2C)C(=O)N1c1ccc(O)cc1)c1ccccc1. The van der Waals surface area contributed by atoms with Gasteiger partial charge >= 0.3 is 0 Å². The number of hydrogen-bond donors (Lipinski definition) is 1. The average molecular weight is 460 g/mol. The van der Waals surface area contributed by atoms with Gasteiger partial charge in [-0.25, -0.2) is 0 Å². The van der Waals surface area contributed by atoms with Gasteiger partial charge in [-0.1, -0.05) is 54.2 Å². The van der Waals surface area contributed by atoms with Gasteiger partial charge in [0.1, 0.15) is 10.7 Å². The molecule has 1 N–H and O–H groups in total. The number of amides is 1. The molecule has 2 heterocycles. The Bertz CT molecular complexity index is 1240. The molecule has 5 rings (SSSR count). The molecule has 3 aromatic carbocycles. The standard InChI is InChI=1S/C25H21N3O2S2/c1-16(17-8-4-3-5-9-17)26-25-28(18-12-14-19(29)15-13-18)23(30)22(32-25)24-27(2)20-10-6-7-11-21(20)31-24/h3-16,29H,1-2H3/b24-22-,26-25?/t16-/m0/s1. The number of hydrogen-bond acceptors (Lipinski definition) is 6. The Morgan fingerprint density at radius 3 is 2.31 bits per heavy atom. The van der Waals surface area contributed by atoms with Gasteiger partial charge in [-0.2, -0.15) is 0 Å². The van der Waals surface area contributed by atoms with Crippen LogP contribution >= 0.6 is 23.5 Å². The highest BCUT2D eigenvalue weighted by atomic mass is 32.2. The largest absolute Gasteiger partial charge is 0.508 e. The molecule has 0 aromatic heterocycles. The Kier molecular flexibility index (Phi) is 5.45. The molecular weight excluding hydrogens is 438 g/mol. The molecule has 5 nitrogen and oxygen atoms in total. The van der Waals surface area contributed by atoms with Crippen molar-refractivity contribution < 1.29 is 9.90 Å². The average Bonchev–Trinajstić information content (AvgIpc) is 3.31. The third-order valence-electron chi connectivity index (χ3n) is 5.41. The number of amidine groups is 1. The summed E-state index contributed by atoms with van der Waals surface area (Å²) < 4.78 is 0. The number of aromatic hydroxyl groups is 1. The lowest BCUT2D eigenvalue weighted by Gasteiger charge is -2.18. The molecule has 7 heteroatoms. The molecular formula is C25H21N3O2S2. The van der Waals surface area contributed by atoms with Gasteiger partial charge in [0.25, 0.3) is 5.91 Å². The van der Waals surface area contributed by atoms with E-state index in [4.69, 9.17) is 4.99 Å². The summed E-state index contributed by atoms with van der Waals surface area (Å²) in [4.78, 5) is 24.1. The van der Waals surface area contributed by atoms with Crippen LogP contribution < -0.4 is 9.80 Å². The maximum atomic E-state index is 13.7. The van der Waals surface area contributed by atoms with E-state index in [1.54, 1.807) is 40.9 Å². The van der Waals surface area contributed by atoms with Crippen molar-refractivity contribution in [3.8, 4) is 5.75 Å². The fraction of sp³-hybridized carbons (Fsp3) is 0.120. The molecule has 0 aliphatic carbocycles. The maximum Gasteiger partial charge on any atom is 0.274 e. The molecule has 0 saturated carbocycles. The van der Waals surface area contributed by atoms with E-state index in [-0.39, 0.29) is 17.7 Å². The van der Waals surface area contributed by atoms with Crippen LogP contribution in [0, 0.1) is 0 Å². The minimum Gasteiger partial charge on any atom is -0.508 e. The third kappa shape index (κ3) is 3.67. The number of carbonyl (C=O) groups excluding carboxylic acids is 1. The van der Waals surface area contributed by atoms with E-state index in [2.05, 4.69) is 17.0 Å². The summed E-state index contributed by atoms with van der Waals surface area (Å²) in [6.45, 7) is 2.03. The van der Waals surface area contributed by atoms with Crippen LogP contribution in [0.15, 0.2) is 98.7 Å². The molecule has 2 aliphatic rings. The number of phenolic OH excluding ortho intramolecular Hbond substituents is 1. The highest BCUT2D eigenvalue weighted by molar-refractivity contribution is 8.20. The number of para-hydroxylation sites is 1. The summed E-state index contributed by atoms with van der Waals surface area (Å²) in [6, 6.07) is 24.7. The molecule has 3 aromatic rings. The first-order chi connectivity index (χ1) is 15.5. The maximum absolute atomic E-state index is 13.7. The van der Waals surface area contributed by atoms with E-state index < -0.39 is 0 Å². The van der Waals surface area contributed by atoms with E-state index in [1.807, 2.05) is 56.4 Å². The number of anilines is 2. The number of benzene rings is 3. The van der Waals surface area contributed by atoms with Gasteiger partial charge in [-0.05, 0) is 60.6 Å². The Morgan fingerprint density at radius 1 is 0.906 bits per heavy atom. The lowest BCUT2D eigenvalue weighted by Crippen LogP contribution is -2.29. The van der Waals surface area contributed by atoms with E-state index in [0.29, 0.717) is 15.8 Å². The molecule has 2 aliphatic heterocycles. The van der Waals surface area contributed by atoms with Crippen LogP contribution in [0.1, 0.15) is 18.5 Å². The second-order valence-electron chi connectivity index (χ2n) is 7.52. The molecule has 160 valence electrons. The van der Waals surface area contributed by atoms with Crippen molar-refractivity contribution in [2.45, 2.75) is 17.9 Å². The normalized spacial score (nSPS) is 20.2. The first kappa shape index (κ1) is 20.7. The van der Waals surface area contributed by atoms with Crippen molar-refractivity contribution >= 4 is 46.0 Å². The minimum atomic E-state index is -0.110. The van der Waals surface area contributed by atoms with E-state index >= 15 is 0 Å². The summed E-state index contributed by atoms with van der Waals surface area (Å²) in [7, 11) is 1.99. The number of nitrogens with zero attached hydrogens (tertiary/aromatic N) is 3. The Labute approximate surface area is 195 Å². The van der Waals surface area contributed by atoms with Crippen molar-refractivity contribution in [1.29, 1.82) is 0 Å². The predicted octanol–water partition coefficient (Wildman–Crippen LogP) is 6.00. The van der Waals surface area contributed by atoms with Crippen molar-refractivity contribution in [1.82, 2.24) is 0 Å². The quantitative estimate of drug-likeness (QED) is 0.487. The summed E-state index contributed by atoms with van der Waals surface area (Å²) in [5.74, 6) is 0.0474. The predicted molar refractivity (Wildman–Crippen MR) is 133 cm³/mol.